The molecule has 9 heteroatoms. The molecule has 1 aromatic carbocycles. The molecule has 37 heavy (non-hydrogen) atoms. The van der Waals surface area contributed by atoms with Gasteiger partial charge >= 0.3 is 6.18 Å². The fraction of sp³-hybridized carbons (Fsp3) is 0.571. The molecule has 1 aliphatic carbocycles. The average molecular weight is 520 g/mol. The number of pyridine rings is 1. The van der Waals surface area contributed by atoms with Crippen LogP contribution in [0.25, 0.3) is 0 Å². The summed E-state index contributed by atoms with van der Waals surface area (Å²) >= 11 is 0. The van der Waals surface area contributed by atoms with Crippen LogP contribution in [0.1, 0.15) is 66.7 Å². The standard InChI is InChI=1S/C28H33F4N3O2/c1-18-12-21(2-5-25(18)29)20-7-10-35(11-8-20)24-6-9-27(37-17-24,22-3-4-22)26(36)34-15-19-13-23(16-33-14-19)28(30,31)32/h2,5,12-14,16,20,22,24H,3-4,6-11,15,17H2,1H3,(H,34,36)/t24-,27+/m1/s1. The number of likely N-dealkylation sites (tertiary alicyclic amines) is 1. The van der Waals surface area contributed by atoms with E-state index in [4.69, 9.17) is 4.74 Å². The number of piperidine rings is 1. The van der Waals surface area contributed by atoms with Crippen LogP contribution in [-0.2, 0) is 22.3 Å². The first-order chi connectivity index (χ1) is 17.7. The van der Waals surface area contributed by atoms with Crippen molar-refractivity contribution in [1.82, 2.24) is 15.2 Å². The van der Waals surface area contributed by atoms with Crippen molar-refractivity contribution in [3.8, 4) is 0 Å². The fourth-order valence-electron chi connectivity index (χ4n) is 5.90. The molecule has 0 radical (unpaired) electrons. The Morgan fingerprint density at radius 3 is 2.51 bits per heavy atom. The first kappa shape index (κ1) is 26.1. The highest BCUT2D eigenvalue weighted by Gasteiger charge is 2.54. The van der Waals surface area contributed by atoms with E-state index in [1.807, 2.05) is 12.1 Å². The Labute approximate surface area is 214 Å². The second-order valence-electron chi connectivity index (χ2n) is 10.7. The van der Waals surface area contributed by atoms with Crippen LogP contribution in [-0.4, -0.2) is 47.1 Å². The van der Waals surface area contributed by atoms with Gasteiger partial charge in [-0.25, -0.2) is 4.39 Å². The molecule has 3 fully saturated rings. The second kappa shape index (κ2) is 10.3. The van der Waals surface area contributed by atoms with Crippen molar-refractivity contribution in [1.29, 1.82) is 0 Å². The predicted molar refractivity (Wildman–Crippen MR) is 130 cm³/mol. The van der Waals surface area contributed by atoms with Gasteiger partial charge in [-0.15, -0.1) is 0 Å². The largest absolute Gasteiger partial charge is 0.417 e. The van der Waals surface area contributed by atoms with Crippen molar-refractivity contribution in [3.05, 3.63) is 64.7 Å². The summed E-state index contributed by atoms with van der Waals surface area (Å²) in [5.74, 6) is 0.161. The lowest BCUT2D eigenvalue weighted by molar-refractivity contribution is -0.165. The molecule has 0 bridgehead atoms. The van der Waals surface area contributed by atoms with E-state index in [0.29, 0.717) is 30.1 Å². The van der Waals surface area contributed by atoms with E-state index in [2.05, 4.69) is 15.2 Å². The van der Waals surface area contributed by atoms with Crippen LogP contribution < -0.4 is 5.32 Å². The number of amides is 1. The third kappa shape index (κ3) is 5.67. The summed E-state index contributed by atoms with van der Waals surface area (Å²) in [5.41, 5.74) is 0.446. The van der Waals surface area contributed by atoms with Crippen LogP contribution in [0, 0.1) is 18.7 Å². The SMILES string of the molecule is Cc1cc(C2CCN([C@@H]3CC[C@@](C(=O)NCc4cncc(C(F)(F)F)c4)(C4CC4)OC3)CC2)ccc1F. The molecule has 2 aromatic rings. The smallest absolute Gasteiger partial charge is 0.363 e. The van der Waals surface area contributed by atoms with Gasteiger partial charge in [-0.05, 0) is 99.2 Å². The number of carbonyl (C=O) groups excluding carboxylic acids is 1. The maximum absolute atomic E-state index is 13.7. The van der Waals surface area contributed by atoms with Crippen molar-refractivity contribution < 1.29 is 27.1 Å². The number of aryl methyl sites for hydroxylation is 1. The van der Waals surface area contributed by atoms with Gasteiger partial charge in [0.2, 0.25) is 0 Å². The molecule has 0 unspecified atom stereocenters. The number of carbonyl (C=O) groups is 1. The molecule has 1 amide bonds. The van der Waals surface area contributed by atoms with Crippen molar-refractivity contribution in [2.24, 2.45) is 5.92 Å². The Bertz CT molecular complexity index is 1120. The molecule has 0 spiro atoms. The highest BCUT2D eigenvalue weighted by molar-refractivity contribution is 5.86. The topological polar surface area (TPSA) is 54.5 Å². The monoisotopic (exact) mass is 519 g/mol. The molecule has 1 aromatic heterocycles. The van der Waals surface area contributed by atoms with Gasteiger partial charge in [-0.3, -0.25) is 14.7 Å². The second-order valence-corrected chi connectivity index (χ2v) is 10.7. The number of benzene rings is 1. The predicted octanol–water partition coefficient (Wildman–Crippen LogP) is 5.37. The minimum absolute atomic E-state index is 0.0205. The van der Waals surface area contributed by atoms with E-state index < -0.39 is 17.3 Å². The quantitative estimate of drug-likeness (QED) is 0.522. The van der Waals surface area contributed by atoms with Gasteiger partial charge in [0, 0.05) is 25.0 Å². The van der Waals surface area contributed by atoms with E-state index in [0.717, 1.165) is 57.5 Å². The normalized spacial score (nSPS) is 25.7. The van der Waals surface area contributed by atoms with Crippen LogP contribution >= 0.6 is 0 Å². The first-order valence-corrected chi connectivity index (χ1v) is 13.1. The first-order valence-electron chi connectivity index (χ1n) is 13.1. The van der Waals surface area contributed by atoms with E-state index in [9.17, 15) is 22.4 Å². The minimum Gasteiger partial charge on any atom is -0.363 e. The van der Waals surface area contributed by atoms with Gasteiger partial charge < -0.3 is 10.1 Å². The lowest BCUT2D eigenvalue weighted by atomic mass is 9.84. The highest BCUT2D eigenvalue weighted by Crippen LogP contribution is 2.47. The molecule has 2 saturated heterocycles. The molecule has 5 rings (SSSR count). The van der Waals surface area contributed by atoms with Gasteiger partial charge in [-0.1, -0.05) is 12.1 Å². The van der Waals surface area contributed by atoms with Crippen molar-refractivity contribution in [3.63, 3.8) is 0 Å². The van der Waals surface area contributed by atoms with Crippen LogP contribution in [0.2, 0.25) is 0 Å². The molecule has 2 aliphatic heterocycles. The van der Waals surface area contributed by atoms with E-state index in [1.54, 1.807) is 13.0 Å². The summed E-state index contributed by atoms with van der Waals surface area (Å²) < 4.78 is 59.0. The van der Waals surface area contributed by atoms with Gasteiger partial charge in [0.1, 0.15) is 11.4 Å². The van der Waals surface area contributed by atoms with Gasteiger partial charge in [0.25, 0.3) is 5.91 Å². The molecule has 200 valence electrons. The molecule has 5 nitrogen and oxygen atoms in total. The molecule has 3 heterocycles. The summed E-state index contributed by atoms with van der Waals surface area (Å²) in [6.07, 6.45) is 2.94. The zero-order valence-corrected chi connectivity index (χ0v) is 21.0. The maximum atomic E-state index is 13.7. The lowest BCUT2D eigenvalue weighted by Crippen LogP contribution is -2.57. The molecule has 1 N–H and O–H groups in total. The number of ether oxygens (including phenoxy) is 1. The number of alkyl halides is 3. The Morgan fingerprint density at radius 2 is 1.89 bits per heavy atom. The molecule has 2 atom stereocenters. The number of hydrogen-bond acceptors (Lipinski definition) is 4. The van der Waals surface area contributed by atoms with Gasteiger partial charge in [0.05, 0.1) is 12.2 Å². The van der Waals surface area contributed by atoms with Crippen LogP contribution in [0.5, 0.6) is 0 Å². The minimum atomic E-state index is -4.48. The zero-order chi connectivity index (χ0) is 26.2. The van der Waals surface area contributed by atoms with E-state index in [-0.39, 0.29) is 30.2 Å². The van der Waals surface area contributed by atoms with E-state index >= 15 is 0 Å². The van der Waals surface area contributed by atoms with Gasteiger partial charge in [0.15, 0.2) is 0 Å². The Kier molecular flexibility index (Phi) is 7.29. The van der Waals surface area contributed by atoms with Gasteiger partial charge in [-0.2, -0.15) is 13.2 Å². The Hall–Kier alpha value is -2.52. The molecule has 3 aliphatic rings. The van der Waals surface area contributed by atoms with Crippen molar-refractivity contribution >= 4 is 5.91 Å². The number of nitrogens with zero attached hydrogens (tertiary/aromatic N) is 2. The third-order valence-corrected chi connectivity index (χ3v) is 8.28. The van der Waals surface area contributed by atoms with Crippen LogP contribution in [0.4, 0.5) is 17.6 Å². The number of rotatable bonds is 6. The summed E-state index contributed by atoms with van der Waals surface area (Å²) in [7, 11) is 0. The Balaban J connectivity index is 1.15. The number of nitrogens with one attached hydrogen (secondary N) is 1. The summed E-state index contributed by atoms with van der Waals surface area (Å²) in [6, 6.07) is 6.66. The fourth-order valence-corrected chi connectivity index (χ4v) is 5.90. The van der Waals surface area contributed by atoms with Crippen molar-refractivity contribution in [2.45, 2.75) is 75.7 Å². The van der Waals surface area contributed by atoms with E-state index in [1.165, 1.54) is 11.8 Å². The van der Waals surface area contributed by atoms with Crippen molar-refractivity contribution in [2.75, 3.05) is 19.7 Å². The average Bonchev–Trinajstić information content (AvgIpc) is 3.75. The summed E-state index contributed by atoms with van der Waals surface area (Å²) in [6.45, 7) is 4.11. The van der Waals surface area contributed by atoms with Crippen LogP contribution in [0.15, 0.2) is 36.7 Å². The number of aromatic nitrogens is 1. The highest BCUT2D eigenvalue weighted by atomic mass is 19.4. The number of halogens is 4. The van der Waals surface area contributed by atoms with Crippen LogP contribution in [0.3, 0.4) is 0 Å². The molecular weight excluding hydrogens is 486 g/mol. The Morgan fingerprint density at radius 1 is 1.14 bits per heavy atom. The number of hydrogen-bond donors (Lipinski definition) is 1. The third-order valence-electron chi connectivity index (χ3n) is 8.28. The molecule has 1 saturated carbocycles. The molecular formula is C28H33F4N3O2. The zero-order valence-electron chi connectivity index (χ0n) is 21.0. The summed E-state index contributed by atoms with van der Waals surface area (Å²) in [5, 5.41) is 2.82. The lowest BCUT2D eigenvalue weighted by Gasteiger charge is -2.45. The summed E-state index contributed by atoms with van der Waals surface area (Å²) in [4.78, 5) is 19.4. The maximum Gasteiger partial charge on any atom is 0.417 e.